The number of nitrogens with two attached hydrogens (primary N) is 1. The minimum absolute atomic E-state index is 0.206. The molecule has 0 bridgehead atoms. The fourth-order valence-corrected chi connectivity index (χ4v) is 3.56. The molecule has 0 amide bonds. The highest BCUT2D eigenvalue weighted by molar-refractivity contribution is 9.10. The molecule has 0 saturated carbocycles. The normalized spacial score (nSPS) is 21.2. The van der Waals surface area contributed by atoms with Gasteiger partial charge in [-0.25, -0.2) is 0 Å². The Labute approximate surface area is 125 Å². The zero-order chi connectivity index (χ0) is 14.0. The molecule has 2 N–H and O–H groups in total. The summed E-state index contributed by atoms with van der Waals surface area (Å²) in [5.41, 5.74) is 8.53. The highest BCUT2D eigenvalue weighted by Gasteiger charge is 2.27. The highest BCUT2D eigenvalue weighted by Crippen LogP contribution is 2.32. The van der Waals surface area contributed by atoms with Crippen molar-refractivity contribution in [1.29, 1.82) is 0 Å². The van der Waals surface area contributed by atoms with Gasteiger partial charge in [-0.15, -0.1) is 0 Å². The average Bonchev–Trinajstić information content (AvgIpc) is 2.80. The van der Waals surface area contributed by atoms with Crippen LogP contribution < -0.4 is 10.6 Å². The number of benzene rings is 1. The van der Waals surface area contributed by atoms with Crippen molar-refractivity contribution in [1.82, 2.24) is 0 Å². The van der Waals surface area contributed by atoms with Crippen LogP contribution >= 0.6 is 15.9 Å². The Morgan fingerprint density at radius 1 is 1.37 bits per heavy atom. The molecule has 19 heavy (non-hydrogen) atoms. The molecule has 0 aromatic heterocycles. The van der Waals surface area contributed by atoms with Crippen molar-refractivity contribution in [3.8, 4) is 0 Å². The Bertz CT molecular complexity index is 429. The minimum atomic E-state index is 0.206. The summed E-state index contributed by atoms with van der Waals surface area (Å²) in [5.74, 6) is 0.713. The number of halogens is 1. The minimum Gasteiger partial charge on any atom is -0.368 e. The predicted molar refractivity (Wildman–Crippen MR) is 86.7 cm³/mol. The van der Waals surface area contributed by atoms with Crippen molar-refractivity contribution in [2.24, 2.45) is 11.7 Å². The van der Waals surface area contributed by atoms with Crippen molar-refractivity contribution < 1.29 is 0 Å². The van der Waals surface area contributed by atoms with Crippen LogP contribution in [0.5, 0.6) is 0 Å². The maximum absolute atomic E-state index is 5.88. The lowest BCUT2D eigenvalue weighted by molar-refractivity contribution is 0.492. The molecule has 1 aromatic carbocycles. The second kappa shape index (κ2) is 6.27. The van der Waals surface area contributed by atoms with Crippen molar-refractivity contribution in [3.63, 3.8) is 0 Å². The molecule has 1 fully saturated rings. The summed E-state index contributed by atoms with van der Waals surface area (Å²) in [6, 6.07) is 7.63. The lowest BCUT2D eigenvalue weighted by Gasteiger charge is -2.30. The third kappa shape index (κ3) is 3.51. The molecular weight excluding hydrogens is 300 g/mol. The first-order valence-electron chi connectivity index (χ1n) is 7.29. The van der Waals surface area contributed by atoms with E-state index in [-0.39, 0.29) is 6.04 Å². The number of nitrogens with zero attached hydrogens (tertiary/aromatic N) is 1. The van der Waals surface area contributed by atoms with E-state index in [4.69, 9.17) is 5.73 Å². The highest BCUT2D eigenvalue weighted by atomic mass is 79.9. The molecule has 1 aliphatic heterocycles. The molecule has 1 heterocycles. The van der Waals surface area contributed by atoms with Crippen molar-refractivity contribution >= 4 is 21.6 Å². The van der Waals surface area contributed by atoms with E-state index in [1.807, 2.05) is 0 Å². The Balaban J connectivity index is 2.19. The van der Waals surface area contributed by atoms with Gasteiger partial charge in [0.05, 0.1) is 0 Å². The second-order valence-electron chi connectivity index (χ2n) is 6.10. The van der Waals surface area contributed by atoms with Gasteiger partial charge >= 0.3 is 0 Å². The standard InChI is InChI=1S/C16H25BrN2/c1-11(2)16-5-4-8-19(16)14-7-6-13(9-12(3)18)15(17)10-14/h6-7,10-12,16H,4-5,8-9,18H2,1-3H3. The number of rotatable bonds is 4. The molecule has 2 unspecified atom stereocenters. The van der Waals surface area contributed by atoms with E-state index >= 15 is 0 Å². The van der Waals surface area contributed by atoms with Gasteiger partial charge in [-0.1, -0.05) is 35.8 Å². The number of hydrogen-bond acceptors (Lipinski definition) is 2. The largest absolute Gasteiger partial charge is 0.368 e. The first-order chi connectivity index (χ1) is 8.99. The molecule has 2 nitrogen and oxygen atoms in total. The number of hydrogen-bond donors (Lipinski definition) is 1. The van der Waals surface area contributed by atoms with Crippen LogP contribution in [0.4, 0.5) is 5.69 Å². The molecule has 1 saturated heterocycles. The summed E-state index contributed by atoms with van der Waals surface area (Å²) in [6.45, 7) is 7.88. The fourth-order valence-electron chi connectivity index (χ4n) is 3.03. The van der Waals surface area contributed by atoms with Crippen molar-refractivity contribution in [2.45, 2.75) is 52.1 Å². The zero-order valence-corrected chi connectivity index (χ0v) is 13.8. The summed E-state index contributed by atoms with van der Waals surface area (Å²) in [7, 11) is 0. The molecular formula is C16H25BrN2. The van der Waals surface area contributed by atoms with Crippen LogP contribution in [0.3, 0.4) is 0 Å². The van der Waals surface area contributed by atoms with Gasteiger partial charge in [0.15, 0.2) is 0 Å². The summed E-state index contributed by atoms with van der Waals surface area (Å²) in [5, 5.41) is 0. The van der Waals surface area contributed by atoms with E-state index in [1.165, 1.54) is 35.1 Å². The SMILES string of the molecule is CC(N)Cc1ccc(N2CCCC2C(C)C)cc1Br. The Morgan fingerprint density at radius 2 is 2.11 bits per heavy atom. The summed E-state index contributed by atoms with van der Waals surface area (Å²) in [4.78, 5) is 2.56. The maximum Gasteiger partial charge on any atom is 0.0380 e. The first-order valence-corrected chi connectivity index (χ1v) is 8.09. The monoisotopic (exact) mass is 324 g/mol. The molecule has 2 atom stereocenters. The second-order valence-corrected chi connectivity index (χ2v) is 6.96. The molecule has 106 valence electrons. The van der Waals surface area contributed by atoms with Crippen LogP contribution in [0.25, 0.3) is 0 Å². The molecule has 1 aliphatic rings. The lowest BCUT2D eigenvalue weighted by Crippen LogP contribution is -2.33. The Hall–Kier alpha value is -0.540. The van der Waals surface area contributed by atoms with Crippen molar-refractivity contribution in [2.75, 3.05) is 11.4 Å². The van der Waals surface area contributed by atoms with Crippen LogP contribution in [0.1, 0.15) is 39.2 Å². The summed E-state index contributed by atoms with van der Waals surface area (Å²) >= 11 is 3.70. The van der Waals surface area contributed by atoms with Gasteiger partial charge in [0.2, 0.25) is 0 Å². The van der Waals surface area contributed by atoms with Gasteiger partial charge in [-0.2, -0.15) is 0 Å². The first kappa shape index (κ1) is 14.9. The van der Waals surface area contributed by atoms with Gasteiger partial charge in [-0.05, 0) is 49.8 Å². The van der Waals surface area contributed by atoms with E-state index < -0.39 is 0 Å². The number of anilines is 1. The van der Waals surface area contributed by atoms with Crippen molar-refractivity contribution in [3.05, 3.63) is 28.2 Å². The maximum atomic E-state index is 5.88. The van der Waals surface area contributed by atoms with Crippen LogP contribution in [0, 0.1) is 5.92 Å². The molecule has 0 spiro atoms. The van der Waals surface area contributed by atoms with E-state index in [1.54, 1.807) is 0 Å². The third-order valence-electron chi connectivity index (χ3n) is 3.98. The Morgan fingerprint density at radius 3 is 2.68 bits per heavy atom. The summed E-state index contributed by atoms with van der Waals surface area (Å²) in [6.07, 6.45) is 3.55. The molecule has 0 radical (unpaired) electrons. The summed E-state index contributed by atoms with van der Waals surface area (Å²) < 4.78 is 1.19. The van der Waals surface area contributed by atoms with Crippen LogP contribution in [0.15, 0.2) is 22.7 Å². The van der Waals surface area contributed by atoms with Crippen LogP contribution in [0.2, 0.25) is 0 Å². The van der Waals surface area contributed by atoms with E-state index in [9.17, 15) is 0 Å². The van der Waals surface area contributed by atoms with Gasteiger partial charge in [0.25, 0.3) is 0 Å². The molecule has 1 aromatic rings. The zero-order valence-electron chi connectivity index (χ0n) is 12.2. The van der Waals surface area contributed by atoms with Gasteiger partial charge in [0.1, 0.15) is 0 Å². The van der Waals surface area contributed by atoms with E-state index in [0.717, 1.165) is 6.42 Å². The third-order valence-corrected chi connectivity index (χ3v) is 4.72. The molecule has 0 aliphatic carbocycles. The Kier molecular flexibility index (Phi) is 4.91. The van der Waals surface area contributed by atoms with Gasteiger partial charge < -0.3 is 10.6 Å². The van der Waals surface area contributed by atoms with Crippen LogP contribution in [-0.2, 0) is 6.42 Å². The topological polar surface area (TPSA) is 29.3 Å². The molecule has 2 rings (SSSR count). The van der Waals surface area contributed by atoms with E-state index in [2.05, 4.69) is 59.8 Å². The van der Waals surface area contributed by atoms with Crippen LogP contribution in [-0.4, -0.2) is 18.6 Å². The lowest BCUT2D eigenvalue weighted by atomic mass is 10.0. The predicted octanol–water partition coefficient (Wildman–Crippen LogP) is 3.96. The van der Waals surface area contributed by atoms with Gasteiger partial charge in [0, 0.05) is 28.8 Å². The molecule has 3 heteroatoms. The smallest absolute Gasteiger partial charge is 0.0380 e. The fraction of sp³-hybridized carbons (Fsp3) is 0.625. The van der Waals surface area contributed by atoms with E-state index in [0.29, 0.717) is 12.0 Å². The quantitative estimate of drug-likeness (QED) is 0.908. The van der Waals surface area contributed by atoms with Gasteiger partial charge in [-0.3, -0.25) is 0 Å². The average molecular weight is 325 g/mol.